The molecule has 0 fully saturated rings. The van der Waals surface area contributed by atoms with Gasteiger partial charge >= 0.3 is 5.97 Å². The number of carbonyl (C=O) groups excluding carboxylic acids is 2. The molecule has 2 aromatic carbocycles. The fraction of sp³-hybridized carbons (Fsp3) is 0.125. The minimum Gasteiger partial charge on any atom is -0.455 e. The number of nitrogens with zero attached hydrogens (tertiary/aromatic N) is 1. The second-order valence-electron chi connectivity index (χ2n) is 4.89. The Balaban J connectivity index is 1.88. The van der Waals surface area contributed by atoms with E-state index in [9.17, 15) is 19.7 Å². The van der Waals surface area contributed by atoms with Gasteiger partial charge in [-0.25, -0.2) is 0 Å². The van der Waals surface area contributed by atoms with E-state index in [-0.39, 0.29) is 17.8 Å². The number of ether oxygens (including phenoxy) is 1. The van der Waals surface area contributed by atoms with Gasteiger partial charge in [-0.15, -0.1) is 0 Å². The summed E-state index contributed by atoms with van der Waals surface area (Å²) in [5.74, 6) is -1.30. The smallest absolute Gasteiger partial charge is 0.310 e. The highest BCUT2D eigenvalue weighted by atomic mass is 35.5. The van der Waals surface area contributed by atoms with E-state index in [2.05, 4.69) is 5.32 Å². The van der Waals surface area contributed by atoms with Crippen molar-refractivity contribution in [2.45, 2.75) is 6.42 Å². The first kappa shape index (κ1) is 18.7. The van der Waals surface area contributed by atoms with Gasteiger partial charge in [0.25, 0.3) is 11.6 Å². The van der Waals surface area contributed by atoms with Crippen LogP contribution in [0.1, 0.15) is 5.56 Å². The van der Waals surface area contributed by atoms with Gasteiger partial charge in [-0.3, -0.25) is 19.7 Å². The van der Waals surface area contributed by atoms with Crippen molar-refractivity contribution in [1.29, 1.82) is 0 Å². The third-order valence-electron chi connectivity index (χ3n) is 3.09. The standard InChI is InChI=1S/C16H12Cl2N2O5/c17-13-5-2-6-14(18)12(13)8-16(22)25-9-15(21)19-10-3-1-4-11(7-10)20(23)24/h1-7H,8-9H2,(H,19,21). The van der Waals surface area contributed by atoms with E-state index < -0.39 is 23.4 Å². The van der Waals surface area contributed by atoms with Crippen molar-refractivity contribution in [2.75, 3.05) is 11.9 Å². The molecule has 9 heteroatoms. The second-order valence-corrected chi connectivity index (χ2v) is 5.71. The molecule has 0 aromatic heterocycles. The normalized spacial score (nSPS) is 10.2. The summed E-state index contributed by atoms with van der Waals surface area (Å²) >= 11 is 11.9. The molecule has 0 aliphatic rings. The average molecular weight is 383 g/mol. The van der Waals surface area contributed by atoms with Crippen LogP contribution in [-0.4, -0.2) is 23.4 Å². The number of nitro groups is 1. The lowest BCUT2D eigenvalue weighted by Gasteiger charge is -2.08. The SMILES string of the molecule is O=C(COC(=O)Cc1c(Cl)cccc1Cl)Nc1cccc([N+](=O)[O-])c1. The number of carbonyl (C=O) groups is 2. The van der Waals surface area contributed by atoms with Crippen LogP contribution in [0.5, 0.6) is 0 Å². The summed E-state index contributed by atoms with van der Waals surface area (Å²) in [6.07, 6.45) is -0.178. The largest absolute Gasteiger partial charge is 0.455 e. The van der Waals surface area contributed by atoms with Crippen LogP contribution in [-0.2, 0) is 20.7 Å². The molecule has 1 N–H and O–H groups in total. The van der Waals surface area contributed by atoms with Gasteiger partial charge in [0.05, 0.1) is 11.3 Å². The predicted molar refractivity (Wildman–Crippen MR) is 92.9 cm³/mol. The maximum atomic E-state index is 11.8. The number of hydrogen-bond donors (Lipinski definition) is 1. The van der Waals surface area contributed by atoms with Crippen molar-refractivity contribution >= 4 is 46.5 Å². The number of amides is 1. The molecule has 0 spiro atoms. The van der Waals surface area contributed by atoms with Crippen molar-refractivity contribution < 1.29 is 19.2 Å². The summed E-state index contributed by atoms with van der Waals surface area (Å²) in [4.78, 5) is 33.7. The zero-order valence-corrected chi connectivity index (χ0v) is 14.2. The van der Waals surface area contributed by atoms with Gasteiger partial charge in [0.1, 0.15) is 0 Å². The highest BCUT2D eigenvalue weighted by molar-refractivity contribution is 6.36. The number of rotatable bonds is 6. The van der Waals surface area contributed by atoms with Crippen molar-refractivity contribution in [1.82, 2.24) is 0 Å². The molecule has 0 aliphatic heterocycles. The Morgan fingerprint density at radius 2 is 1.76 bits per heavy atom. The highest BCUT2D eigenvalue weighted by Gasteiger charge is 2.14. The van der Waals surface area contributed by atoms with E-state index in [0.717, 1.165) is 0 Å². The van der Waals surface area contributed by atoms with Crippen molar-refractivity contribution in [3.8, 4) is 0 Å². The van der Waals surface area contributed by atoms with Crippen LogP contribution in [0.15, 0.2) is 42.5 Å². The Morgan fingerprint density at radius 1 is 1.12 bits per heavy atom. The number of esters is 1. The molecule has 130 valence electrons. The number of hydrogen-bond acceptors (Lipinski definition) is 5. The maximum Gasteiger partial charge on any atom is 0.310 e. The topological polar surface area (TPSA) is 98.5 Å². The zero-order valence-electron chi connectivity index (χ0n) is 12.7. The molecule has 0 heterocycles. The maximum absolute atomic E-state index is 11.8. The van der Waals surface area contributed by atoms with Gasteiger partial charge in [0, 0.05) is 33.4 Å². The Hall–Kier alpha value is -2.64. The highest BCUT2D eigenvalue weighted by Crippen LogP contribution is 2.24. The number of nitro benzene ring substituents is 1. The third kappa shape index (κ3) is 5.44. The summed E-state index contributed by atoms with van der Waals surface area (Å²) in [5, 5.41) is 13.7. The molecular formula is C16H12Cl2N2O5. The Kier molecular flexibility index (Phi) is 6.32. The summed E-state index contributed by atoms with van der Waals surface area (Å²) < 4.78 is 4.87. The van der Waals surface area contributed by atoms with Crippen molar-refractivity contribution in [3.05, 3.63) is 68.2 Å². The van der Waals surface area contributed by atoms with Gasteiger partial charge in [-0.05, 0) is 18.2 Å². The Bertz CT molecular complexity index is 806. The second kappa shape index (κ2) is 8.46. The molecule has 0 radical (unpaired) electrons. The van der Waals surface area contributed by atoms with Crippen LogP contribution in [0.3, 0.4) is 0 Å². The molecule has 1 amide bonds. The molecule has 2 rings (SSSR count). The van der Waals surface area contributed by atoms with E-state index in [1.807, 2.05) is 0 Å². The summed E-state index contributed by atoms with van der Waals surface area (Å²) in [7, 11) is 0. The lowest BCUT2D eigenvalue weighted by atomic mass is 10.1. The minimum atomic E-state index is -0.677. The third-order valence-corrected chi connectivity index (χ3v) is 3.80. The fourth-order valence-electron chi connectivity index (χ4n) is 1.94. The molecule has 2 aromatic rings. The van der Waals surface area contributed by atoms with Crippen LogP contribution in [0.4, 0.5) is 11.4 Å². The molecule has 0 unspecified atom stereocenters. The van der Waals surface area contributed by atoms with E-state index in [1.54, 1.807) is 18.2 Å². The lowest BCUT2D eigenvalue weighted by molar-refractivity contribution is -0.384. The molecule has 0 saturated heterocycles. The molecule has 0 saturated carbocycles. The van der Waals surface area contributed by atoms with Gasteiger partial charge in [-0.2, -0.15) is 0 Å². The van der Waals surface area contributed by atoms with E-state index in [0.29, 0.717) is 15.6 Å². The molecule has 0 bridgehead atoms. The van der Waals surface area contributed by atoms with Gasteiger partial charge in [0.15, 0.2) is 6.61 Å². The first-order valence-electron chi connectivity index (χ1n) is 6.99. The lowest BCUT2D eigenvalue weighted by Crippen LogP contribution is -2.21. The van der Waals surface area contributed by atoms with E-state index in [4.69, 9.17) is 27.9 Å². The monoisotopic (exact) mass is 382 g/mol. The van der Waals surface area contributed by atoms with Crippen molar-refractivity contribution in [3.63, 3.8) is 0 Å². The number of halogens is 2. The summed E-state index contributed by atoms with van der Waals surface area (Å²) in [6.45, 7) is -0.538. The quantitative estimate of drug-likeness (QED) is 0.467. The molecule has 0 aliphatic carbocycles. The average Bonchev–Trinajstić information content (AvgIpc) is 2.56. The van der Waals surface area contributed by atoms with Crippen LogP contribution >= 0.6 is 23.2 Å². The first-order valence-corrected chi connectivity index (χ1v) is 7.75. The van der Waals surface area contributed by atoms with E-state index in [1.165, 1.54) is 24.3 Å². The number of nitrogens with one attached hydrogen (secondary N) is 1. The number of benzene rings is 2. The van der Waals surface area contributed by atoms with Crippen molar-refractivity contribution in [2.24, 2.45) is 0 Å². The molecular weight excluding hydrogens is 371 g/mol. The number of anilines is 1. The van der Waals surface area contributed by atoms with Gasteiger partial charge in [-0.1, -0.05) is 35.3 Å². The Morgan fingerprint density at radius 3 is 2.40 bits per heavy atom. The summed E-state index contributed by atoms with van der Waals surface area (Å²) in [6, 6.07) is 10.2. The molecule has 7 nitrogen and oxygen atoms in total. The molecule has 25 heavy (non-hydrogen) atoms. The van der Waals surface area contributed by atoms with Crippen LogP contribution < -0.4 is 5.32 Å². The number of non-ortho nitro benzene ring substituents is 1. The molecule has 0 atom stereocenters. The first-order chi connectivity index (χ1) is 11.9. The van der Waals surface area contributed by atoms with E-state index >= 15 is 0 Å². The van der Waals surface area contributed by atoms with Crippen LogP contribution in [0.25, 0.3) is 0 Å². The van der Waals surface area contributed by atoms with Gasteiger partial charge < -0.3 is 10.1 Å². The fourth-order valence-corrected chi connectivity index (χ4v) is 2.47. The van der Waals surface area contributed by atoms with Gasteiger partial charge in [0.2, 0.25) is 0 Å². The summed E-state index contributed by atoms with van der Waals surface area (Å²) in [5.41, 5.74) is 0.475. The van der Waals surface area contributed by atoms with Crippen LogP contribution in [0, 0.1) is 10.1 Å². The predicted octanol–water partition coefficient (Wildman–Crippen LogP) is 3.63. The Labute approximate surface area is 152 Å². The van der Waals surface area contributed by atoms with Crippen LogP contribution in [0.2, 0.25) is 10.0 Å². The zero-order chi connectivity index (χ0) is 18.4. The minimum absolute atomic E-state index is 0.164.